The second-order valence-electron chi connectivity index (χ2n) is 3.79. The van der Waals surface area contributed by atoms with E-state index in [4.69, 9.17) is 4.42 Å². The zero-order valence-corrected chi connectivity index (χ0v) is 15.3. The molecule has 0 bridgehead atoms. The Bertz CT molecular complexity index is 837. The van der Waals surface area contributed by atoms with E-state index >= 15 is 0 Å². The average molecular weight is 574 g/mol. The summed E-state index contributed by atoms with van der Waals surface area (Å²) in [6.45, 7) is 0. The van der Waals surface area contributed by atoms with Gasteiger partial charge in [-0.2, -0.15) is 0 Å². The number of fused-ring (bicyclic) bond motifs is 2. The van der Waals surface area contributed by atoms with Crippen LogP contribution in [0.3, 0.4) is 0 Å². The fourth-order valence-corrected chi connectivity index (χ4v) is 4.36. The van der Waals surface area contributed by atoms with E-state index in [0.29, 0.717) is 21.9 Å². The molecule has 0 unspecified atom stereocenters. The molecule has 0 atom stereocenters. The fourth-order valence-electron chi connectivity index (χ4n) is 1.87. The Hall–Kier alpha value is 0.100. The molecular weight excluding hydrogens is 569 g/mol. The molecule has 0 radical (unpaired) electrons. The molecule has 2 aromatic carbocycles. The third kappa shape index (κ3) is 1.98. The van der Waals surface area contributed by atoms with Crippen LogP contribution in [0.25, 0.3) is 21.9 Å². The van der Waals surface area contributed by atoms with Gasteiger partial charge < -0.3 is 4.42 Å². The third-order valence-electron chi connectivity index (χ3n) is 2.70. The zero-order chi connectivity index (χ0) is 12.9. The standard InChI is InChI=1S/C13H5I3O2/c14-7-5-8(15)11(16)13-10(7)12(17)6-3-1-2-4-9(6)18-13/h1-5H. The van der Waals surface area contributed by atoms with E-state index in [9.17, 15) is 4.79 Å². The van der Waals surface area contributed by atoms with Crippen LogP contribution in [0.4, 0.5) is 0 Å². The molecule has 18 heavy (non-hydrogen) atoms. The molecule has 2 nitrogen and oxygen atoms in total. The van der Waals surface area contributed by atoms with Crippen molar-refractivity contribution in [3.05, 3.63) is 51.3 Å². The smallest absolute Gasteiger partial charge is 0.201 e. The van der Waals surface area contributed by atoms with Gasteiger partial charge in [-0.15, -0.1) is 0 Å². The molecular formula is C13H5I3O2. The molecule has 0 saturated carbocycles. The summed E-state index contributed by atoms with van der Waals surface area (Å²) in [5.74, 6) is 0. The van der Waals surface area contributed by atoms with Crippen LogP contribution in [0.15, 0.2) is 39.5 Å². The predicted octanol–water partition coefficient (Wildman–Crippen LogP) is 4.76. The van der Waals surface area contributed by atoms with Gasteiger partial charge >= 0.3 is 0 Å². The summed E-state index contributed by atoms with van der Waals surface area (Å²) in [6.07, 6.45) is 0. The maximum absolute atomic E-state index is 12.5. The zero-order valence-electron chi connectivity index (χ0n) is 8.84. The van der Waals surface area contributed by atoms with Crippen molar-refractivity contribution in [2.24, 2.45) is 0 Å². The predicted molar refractivity (Wildman–Crippen MR) is 98.1 cm³/mol. The van der Waals surface area contributed by atoms with Crippen LogP contribution in [-0.4, -0.2) is 0 Å². The molecule has 5 heteroatoms. The Morgan fingerprint density at radius 3 is 2.50 bits per heavy atom. The Labute approximate surface area is 144 Å². The van der Waals surface area contributed by atoms with Crippen molar-refractivity contribution >= 4 is 89.7 Å². The number of rotatable bonds is 0. The highest BCUT2D eigenvalue weighted by Gasteiger charge is 2.15. The number of benzene rings is 2. The Balaban J connectivity index is 2.69. The molecule has 1 heterocycles. The lowest BCUT2D eigenvalue weighted by molar-refractivity contribution is 0.657. The van der Waals surface area contributed by atoms with Gasteiger partial charge in [0.15, 0.2) is 5.58 Å². The molecule has 0 amide bonds. The lowest BCUT2D eigenvalue weighted by atomic mass is 10.1. The fraction of sp³-hybridized carbons (Fsp3) is 0. The summed E-state index contributed by atoms with van der Waals surface area (Å²) in [5.41, 5.74) is 1.38. The monoisotopic (exact) mass is 574 g/mol. The molecule has 0 aliphatic heterocycles. The highest BCUT2D eigenvalue weighted by atomic mass is 127. The largest absolute Gasteiger partial charge is 0.455 e. The first kappa shape index (κ1) is 13.1. The molecule has 0 saturated heterocycles. The normalized spacial score (nSPS) is 11.3. The molecule has 90 valence electrons. The second kappa shape index (κ2) is 4.89. The van der Waals surface area contributed by atoms with E-state index in [0.717, 1.165) is 10.7 Å². The lowest BCUT2D eigenvalue weighted by Crippen LogP contribution is -2.05. The molecule has 1 aromatic heterocycles. The maximum Gasteiger partial charge on any atom is 0.201 e. The first-order valence-electron chi connectivity index (χ1n) is 5.08. The molecule has 0 fully saturated rings. The number of para-hydroxylation sites is 1. The van der Waals surface area contributed by atoms with Crippen molar-refractivity contribution < 1.29 is 4.42 Å². The summed E-state index contributed by atoms with van der Waals surface area (Å²) >= 11 is 6.67. The molecule has 0 spiro atoms. The molecule has 3 aromatic rings. The van der Waals surface area contributed by atoms with Crippen molar-refractivity contribution in [1.29, 1.82) is 0 Å². The summed E-state index contributed by atoms with van der Waals surface area (Å²) in [4.78, 5) is 12.5. The van der Waals surface area contributed by atoms with Crippen LogP contribution in [0, 0.1) is 10.7 Å². The summed E-state index contributed by atoms with van der Waals surface area (Å²) in [6, 6.07) is 9.38. The Morgan fingerprint density at radius 2 is 1.72 bits per heavy atom. The van der Waals surface area contributed by atoms with Gasteiger partial charge in [-0.1, -0.05) is 12.1 Å². The minimum absolute atomic E-state index is 0.0468. The van der Waals surface area contributed by atoms with Crippen molar-refractivity contribution in [2.75, 3.05) is 0 Å². The van der Waals surface area contributed by atoms with E-state index in [1.165, 1.54) is 0 Å². The van der Waals surface area contributed by atoms with Crippen LogP contribution in [0.2, 0.25) is 0 Å². The van der Waals surface area contributed by atoms with Gasteiger partial charge in [-0.05, 0) is 86.0 Å². The van der Waals surface area contributed by atoms with Crippen molar-refractivity contribution in [2.45, 2.75) is 0 Å². The quantitative estimate of drug-likeness (QED) is 0.221. The Kier molecular flexibility index (Phi) is 3.56. The first-order valence-corrected chi connectivity index (χ1v) is 8.32. The van der Waals surface area contributed by atoms with Crippen molar-refractivity contribution in [3.8, 4) is 0 Å². The summed E-state index contributed by atoms with van der Waals surface area (Å²) < 4.78 is 8.93. The van der Waals surface area contributed by atoms with Gasteiger partial charge in [0.1, 0.15) is 5.58 Å². The topological polar surface area (TPSA) is 30.2 Å². The van der Waals surface area contributed by atoms with Gasteiger partial charge in [0, 0.05) is 7.14 Å². The van der Waals surface area contributed by atoms with Gasteiger partial charge in [0.2, 0.25) is 5.43 Å². The van der Waals surface area contributed by atoms with Gasteiger partial charge in [0.05, 0.1) is 14.3 Å². The van der Waals surface area contributed by atoms with Crippen molar-refractivity contribution in [1.82, 2.24) is 0 Å². The molecule has 0 aliphatic carbocycles. The second-order valence-corrected chi connectivity index (χ2v) is 7.19. The van der Waals surface area contributed by atoms with E-state index in [2.05, 4.69) is 67.8 Å². The van der Waals surface area contributed by atoms with Crippen LogP contribution in [0.5, 0.6) is 0 Å². The summed E-state index contributed by atoms with van der Waals surface area (Å²) in [7, 11) is 0. The number of hydrogen-bond donors (Lipinski definition) is 0. The summed E-state index contributed by atoms with van der Waals surface area (Å²) in [5, 5.41) is 1.32. The number of halogens is 3. The molecule has 0 aliphatic rings. The van der Waals surface area contributed by atoms with E-state index < -0.39 is 0 Å². The van der Waals surface area contributed by atoms with E-state index in [1.807, 2.05) is 30.3 Å². The highest BCUT2D eigenvalue weighted by Crippen LogP contribution is 2.30. The van der Waals surface area contributed by atoms with Crippen LogP contribution in [0.1, 0.15) is 0 Å². The lowest BCUT2D eigenvalue weighted by Gasteiger charge is -2.06. The van der Waals surface area contributed by atoms with E-state index in [1.54, 1.807) is 0 Å². The Morgan fingerprint density at radius 1 is 1.00 bits per heavy atom. The van der Waals surface area contributed by atoms with Gasteiger partial charge in [-0.25, -0.2) is 0 Å². The average Bonchev–Trinajstić information content (AvgIpc) is 2.36. The van der Waals surface area contributed by atoms with Gasteiger partial charge in [-0.3, -0.25) is 4.79 Å². The van der Waals surface area contributed by atoms with Crippen LogP contribution in [-0.2, 0) is 0 Å². The minimum Gasteiger partial charge on any atom is -0.455 e. The van der Waals surface area contributed by atoms with E-state index in [-0.39, 0.29) is 5.43 Å². The SMILES string of the molecule is O=c1c2ccccc2oc2c(I)c(I)cc(I)c12. The molecule has 0 N–H and O–H groups in total. The first-order chi connectivity index (χ1) is 8.59. The molecule has 3 rings (SSSR count). The van der Waals surface area contributed by atoms with Crippen LogP contribution >= 0.6 is 67.8 Å². The minimum atomic E-state index is 0.0468. The highest BCUT2D eigenvalue weighted by molar-refractivity contribution is 14.1. The van der Waals surface area contributed by atoms with Gasteiger partial charge in [0.25, 0.3) is 0 Å². The van der Waals surface area contributed by atoms with Crippen LogP contribution < -0.4 is 5.43 Å². The third-order valence-corrected chi connectivity index (χ3v) is 6.50. The van der Waals surface area contributed by atoms with Crippen molar-refractivity contribution in [3.63, 3.8) is 0 Å². The maximum atomic E-state index is 12.5. The number of hydrogen-bond acceptors (Lipinski definition) is 2.